The molecule has 0 heterocycles. The van der Waals surface area contributed by atoms with Gasteiger partial charge in [-0.2, -0.15) is 0 Å². The Hall–Kier alpha value is -1.32. The van der Waals surface area contributed by atoms with Crippen LogP contribution in [0.15, 0.2) is 12.2 Å². The maximum Gasteiger partial charge on any atom is 0.310 e. The second-order valence-corrected chi connectivity index (χ2v) is 5.04. The number of amides is 1. The Balaban J connectivity index is 2.09. The van der Waals surface area contributed by atoms with E-state index >= 15 is 0 Å². The molecule has 18 heavy (non-hydrogen) atoms. The van der Waals surface area contributed by atoms with Crippen LogP contribution in [-0.2, 0) is 14.3 Å². The third-order valence-electron chi connectivity index (χ3n) is 3.87. The molecule has 0 aromatic heterocycles. The molecular weight excluding hydrogens is 230 g/mol. The number of hydrogen-bond acceptors (Lipinski definition) is 3. The number of nitrogens with one attached hydrogen (secondary N) is 1. The minimum atomic E-state index is -0.281. The summed E-state index contributed by atoms with van der Waals surface area (Å²) in [6.45, 7) is 4.86. The number of fused-ring (bicyclic) bond motifs is 2. The van der Waals surface area contributed by atoms with Crippen LogP contribution in [0.4, 0.5) is 0 Å². The number of allylic oxidation sites excluding steroid dienone is 2. The highest BCUT2D eigenvalue weighted by Crippen LogP contribution is 2.48. The minimum absolute atomic E-state index is 0.00625. The molecule has 0 spiro atoms. The van der Waals surface area contributed by atoms with Crippen molar-refractivity contribution < 1.29 is 14.3 Å². The number of rotatable bonds is 5. The molecule has 2 aliphatic rings. The number of ether oxygens (including phenoxy) is 1. The van der Waals surface area contributed by atoms with E-state index in [1.807, 2.05) is 6.92 Å². The summed E-state index contributed by atoms with van der Waals surface area (Å²) in [5.41, 5.74) is 0. The smallest absolute Gasteiger partial charge is 0.310 e. The molecule has 0 aliphatic heterocycles. The van der Waals surface area contributed by atoms with Gasteiger partial charge in [0, 0.05) is 6.54 Å². The normalized spacial score (nSPS) is 32.6. The molecule has 2 rings (SSSR count). The van der Waals surface area contributed by atoms with Crippen LogP contribution in [-0.4, -0.2) is 25.0 Å². The lowest BCUT2D eigenvalue weighted by Gasteiger charge is -2.25. The predicted octanol–water partition coefficient (Wildman–Crippen LogP) is 1.51. The summed E-state index contributed by atoms with van der Waals surface area (Å²) < 4.78 is 5.11. The molecule has 4 nitrogen and oxygen atoms in total. The van der Waals surface area contributed by atoms with E-state index in [9.17, 15) is 9.59 Å². The third-order valence-corrected chi connectivity index (χ3v) is 3.87. The van der Waals surface area contributed by atoms with Gasteiger partial charge in [0.15, 0.2) is 0 Å². The lowest BCUT2D eigenvalue weighted by Crippen LogP contribution is -2.41. The molecule has 0 aromatic rings. The summed E-state index contributed by atoms with van der Waals surface area (Å²) >= 11 is 0. The molecule has 0 aromatic carbocycles. The van der Waals surface area contributed by atoms with Crippen molar-refractivity contribution in [1.82, 2.24) is 5.32 Å². The second-order valence-electron chi connectivity index (χ2n) is 5.04. The maximum absolute atomic E-state index is 12.2. The summed E-state index contributed by atoms with van der Waals surface area (Å²) in [7, 11) is 0. The molecule has 2 aliphatic carbocycles. The Kier molecular flexibility index (Phi) is 4.04. The number of carbonyl (C=O) groups is 2. The van der Waals surface area contributed by atoms with E-state index in [2.05, 4.69) is 17.5 Å². The average Bonchev–Trinajstić information content (AvgIpc) is 2.96. The van der Waals surface area contributed by atoms with E-state index in [0.717, 1.165) is 12.8 Å². The van der Waals surface area contributed by atoms with E-state index < -0.39 is 0 Å². The maximum atomic E-state index is 12.2. The number of carbonyl (C=O) groups excluding carboxylic acids is 2. The third kappa shape index (κ3) is 2.28. The summed E-state index contributed by atoms with van der Waals surface area (Å²) in [5.74, 6) is -0.326. The van der Waals surface area contributed by atoms with Crippen LogP contribution >= 0.6 is 0 Å². The largest absolute Gasteiger partial charge is 0.466 e. The Morgan fingerprint density at radius 2 is 1.89 bits per heavy atom. The first-order valence-electron chi connectivity index (χ1n) is 6.81. The van der Waals surface area contributed by atoms with Crippen molar-refractivity contribution in [1.29, 1.82) is 0 Å². The summed E-state index contributed by atoms with van der Waals surface area (Å²) in [6, 6.07) is 0. The summed E-state index contributed by atoms with van der Waals surface area (Å²) in [5, 5.41) is 2.91. The van der Waals surface area contributed by atoms with Crippen molar-refractivity contribution in [2.75, 3.05) is 13.2 Å². The van der Waals surface area contributed by atoms with Gasteiger partial charge >= 0.3 is 5.97 Å². The highest BCUT2D eigenvalue weighted by Gasteiger charge is 2.52. The van der Waals surface area contributed by atoms with Gasteiger partial charge in [-0.05, 0) is 31.6 Å². The zero-order valence-corrected chi connectivity index (χ0v) is 11.0. The fourth-order valence-electron chi connectivity index (χ4n) is 3.11. The van der Waals surface area contributed by atoms with Crippen molar-refractivity contribution in [2.24, 2.45) is 23.7 Å². The van der Waals surface area contributed by atoms with Crippen molar-refractivity contribution in [2.45, 2.75) is 26.7 Å². The van der Waals surface area contributed by atoms with Crippen LogP contribution < -0.4 is 5.32 Å². The monoisotopic (exact) mass is 251 g/mol. The molecule has 0 radical (unpaired) electrons. The Labute approximate surface area is 108 Å². The molecule has 0 saturated heterocycles. The lowest BCUT2D eigenvalue weighted by atomic mass is 9.82. The Bertz CT molecular complexity index is 364. The summed E-state index contributed by atoms with van der Waals surface area (Å²) in [4.78, 5) is 24.1. The van der Waals surface area contributed by atoms with Gasteiger partial charge in [-0.15, -0.1) is 0 Å². The van der Waals surface area contributed by atoms with Crippen molar-refractivity contribution in [3.8, 4) is 0 Å². The van der Waals surface area contributed by atoms with E-state index in [4.69, 9.17) is 4.74 Å². The van der Waals surface area contributed by atoms with Gasteiger partial charge in [-0.25, -0.2) is 0 Å². The van der Waals surface area contributed by atoms with E-state index in [1.165, 1.54) is 0 Å². The highest BCUT2D eigenvalue weighted by molar-refractivity contribution is 5.87. The first-order valence-corrected chi connectivity index (χ1v) is 6.81. The van der Waals surface area contributed by atoms with Gasteiger partial charge in [0.2, 0.25) is 5.91 Å². The molecule has 1 saturated carbocycles. The molecule has 0 unspecified atom stereocenters. The van der Waals surface area contributed by atoms with Gasteiger partial charge < -0.3 is 10.1 Å². The fraction of sp³-hybridized carbons (Fsp3) is 0.714. The van der Waals surface area contributed by atoms with Gasteiger partial charge in [-0.1, -0.05) is 19.1 Å². The van der Waals surface area contributed by atoms with Crippen LogP contribution in [0.1, 0.15) is 26.7 Å². The number of esters is 1. The number of hydrogen-bond donors (Lipinski definition) is 1. The highest BCUT2D eigenvalue weighted by atomic mass is 16.5. The van der Waals surface area contributed by atoms with Crippen LogP contribution in [0.25, 0.3) is 0 Å². The van der Waals surface area contributed by atoms with Crippen molar-refractivity contribution >= 4 is 11.9 Å². The summed E-state index contributed by atoms with van der Waals surface area (Å²) in [6.07, 6.45) is 5.96. The minimum Gasteiger partial charge on any atom is -0.466 e. The zero-order chi connectivity index (χ0) is 13.1. The average molecular weight is 251 g/mol. The molecule has 1 fully saturated rings. The van der Waals surface area contributed by atoms with Crippen molar-refractivity contribution in [3.05, 3.63) is 12.2 Å². The molecule has 4 heteroatoms. The first-order chi connectivity index (χ1) is 8.69. The lowest BCUT2D eigenvalue weighted by molar-refractivity contribution is -0.153. The van der Waals surface area contributed by atoms with Gasteiger partial charge in [-0.3, -0.25) is 9.59 Å². The quantitative estimate of drug-likeness (QED) is 0.595. The predicted molar refractivity (Wildman–Crippen MR) is 67.7 cm³/mol. The van der Waals surface area contributed by atoms with Gasteiger partial charge in [0.1, 0.15) is 0 Å². The molecule has 100 valence electrons. The fourth-order valence-corrected chi connectivity index (χ4v) is 3.11. The van der Waals surface area contributed by atoms with Crippen LogP contribution in [0.5, 0.6) is 0 Å². The van der Waals surface area contributed by atoms with E-state index in [0.29, 0.717) is 13.2 Å². The standard InChI is InChI=1S/C14H21NO3/c1-3-7-15-13(16)11-9-5-6-10(8-9)12(11)14(17)18-4-2/h5-6,9-12H,3-4,7-8H2,1-2H3,(H,15,16)/t9-,10+,11+,12+/m0/s1. The van der Waals surface area contributed by atoms with Crippen LogP contribution in [0.2, 0.25) is 0 Å². The van der Waals surface area contributed by atoms with E-state index in [-0.39, 0.29) is 35.5 Å². The molecule has 1 amide bonds. The first kappa shape index (κ1) is 13.1. The SMILES string of the molecule is CCCNC(=O)[C@H]1[C@H](C(=O)OCC)[C@@H]2C=C[C@H]1C2. The van der Waals surface area contributed by atoms with Crippen molar-refractivity contribution in [3.63, 3.8) is 0 Å². The molecular formula is C14H21NO3. The van der Waals surface area contributed by atoms with Gasteiger partial charge in [0.05, 0.1) is 18.4 Å². The topological polar surface area (TPSA) is 55.4 Å². The second kappa shape index (κ2) is 5.55. The Morgan fingerprint density at radius 3 is 2.50 bits per heavy atom. The van der Waals surface area contributed by atoms with Gasteiger partial charge in [0.25, 0.3) is 0 Å². The molecule has 4 atom stereocenters. The molecule has 1 N–H and O–H groups in total. The van der Waals surface area contributed by atoms with Crippen LogP contribution in [0.3, 0.4) is 0 Å². The molecule has 2 bridgehead atoms. The van der Waals surface area contributed by atoms with E-state index in [1.54, 1.807) is 6.92 Å². The van der Waals surface area contributed by atoms with Crippen LogP contribution in [0, 0.1) is 23.7 Å². The Morgan fingerprint density at radius 1 is 1.22 bits per heavy atom. The zero-order valence-electron chi connectivity index (χ0n) is 11.0.